The van der Waals surface area contributed by atoms with E-state index in [4.69, 9.17) is 14.2 Å². The number of rotatable bonds is 11. The molecule has 2 rings (SSSR count). The van der Waals surface area contributed by atoms with Gasteiger partial charge in [-0.2, -0.15) is 5.10 Å². The molecule has 2 amide bonds. The van der Waals surface area contributed by atoms with Crippen molar-refractivity contribution in [3.8, 4) is 17.2 Å². The van der Waals surface area contributed by atoms with E-state index in [0.717, 1.165) is 10.0 Å². The summed E-state index contributed by atoms with van der Waals surface area (Å²) in [6, 6.07) is 10.5. The molecule has 0 aliphatic carbocycles. The van der Waals surface area contributed by atoms with Crippen LogP contribution in [-0.2, 0) is 9.59 Å². The first-order valence-electron chi connectivity index (χ1n) is 9.81. The third kappa shape index (κ3) is 7.93. The van der Waals surface area contributed by atoms with E-state index < -0.39 is 0 Å². The molecule has 31 heavy (non-hydrogen) atoms. The second-order valence-corrected chi connectivity index (χ2v) is 7.12. The van der Waals surface area contributed by atoms with E-state index in [1.54, 1.807) is 37.4 Å². The van der Waals surface area contributed by atoms with Gasteiger partial charge in [0.15, 0.2) is 11.5 Å². The number of hydrazone groups is 1. The van der Waals surface area contributed by atoms with Crippen LogP contribution in [0.4, 0.5) is 5.69 Å². The predicted molar refractivity (Wildman–Crippen MR) is 123 cm³/mol. The number of hydrogen-bond acceptors (Lipinski definition) is 6. The maximum Gasteiger partial charge on any atom is 0.240 e. The molecular formula is C22H26BrN3O5. The summed E-state index contributed by atoms with van der Waals surface area (Å²) in [4.78, 5) is 24.0. The van der Waals surface area contributed by atoms with Crippen LogP contribution in [0.25, 0.3) is 0 Å². The Bertz CT molecular complexity index is 916. The maximum atomic E-state index is 12.0. The maximum absolute atomic E-state index is 12.0. The Labute approximate surface area is 190 Å². The van der Waals surface area contributed by atoms with Gasteiger partial charge in [-0.25, -0.2) is 5.43 Å². The molecule has 8 nitrogen and oxygen atoms in total. The zero-order valence-electron chi connectivity index (χ0n) is 17.7. The van der Waals surface area contributed by atoms with E-state index in [0.29, 0.717) is 36.1 Å². The number of benzene rings is 2. The van der Waals surface area contributed by atoms with Gasteiger partial charge in [0.1, 0.15) is 5.75 Å². The van der Waals surface area contributed by atoms with Crippen LogP contribution in [0, 0.1) is 0 Å². The Hall–Kier alpha value is -3.07. The second kappa shape index (κ2) is 12.6. The molecule has 0 unspecified atom stereocenters. The highest BCUT2D eigenvalue weighted by Gasteiger charge is 2.11. The molecule has 0 aliphatic heterocycles. The molecule has 0 saturated carbocycles. The largest absolute Gasteiger partial charge is 0.497 e. The molecule has 0 saturated heterocycles. The lowest BCUT2D eigenvalue weighted by Crippen LogP contribution is -2.20. The van der Waals surface area contributed by atoms with Crippen LogP contribution >= 0.6 is 15.9 Å². The summed E-state index contributed by atoms with van der Waals surface area (Å²) in [5.41, 5.74) is 3.78. The van der Waals surface area contributed by atoms with Crippen molar-refractivity contribution in [3.63, 3.8) is 0 Å². The van der Waals surface area contributed by atoms with Crippen LogP contribution < -0.4 is 25.0 Å². The van der Waals surface area contributed by atoms with Crippen molar-refractivity contribution in [3.05, 3.63) is 46.4 Å². The van der Waals surface area contributed by atoms with Crippen LogP contribution in [0.15, 0.2) is 46.0 Å². The number of anilines is 1. The SMILES string of the molecule is CCOc1cc(C=NNC(=O)CCC(=O)Nc2ccc(OC)cc2)cc(Br)c1OCC. The zero-order valence-corrected chi connectivity index (χ0v) is 19.3. The summed E-state index contributed by atoms with van der Waals surface area (Å²) in [5, 5.41) is 6.68. The molecular weight excluding hydrogens is 466 g/mol. The summed E-state index contributed by atoms with van der Waals surface area (Å²) >= 11 is 3.46. The fourth-order valence-electron chi connectivity index (χ4n) is 2.57. The molecule has 0 fully saturated rings. The number of hydrogen-bond donors (Lipinski definition) is 2. The highest BCUT2D eigenvalue weighted by atomic mass is 79.9. The van der Waals surface area contributed by atoms with Crippen molar-refractivity contribution >= 4 is 39.6 Å². The number of ether oxygens (including phenoxy) is 3. The molecule has 0 aliphatic rings. The molecule has 9 heteroatoms. The van der Waals surface area contributed by atoms with Gasteiger partial charge in [0.2, 0.25) is 11.8 Å². The first kappa shape index (κ1) is 24.2. The van der Waals surface area contributed by atoms with Crippen molar-refractivity contribution in [2.45, 2.75) is 26.7 Å². The lowest BCUT2D eigenvalue weighted by Gasteiger charge is -2.13. The Morgan fingerprint density at radius 3 is 2.35 bits per heavy atom. The van der Waals surface area contributed by atoms with Crippen LogP contribution in [0.5, 0.6) is 17.2 Å². The lowest BCUT2D eigenvalue weighted by atomic mass is 10.2. The number of carbonyl (C=O) groups is 2. The normalized spacial score (nSPS) is 10.6. The first-order chi connectivity index (χ1) is 15.0. The fraction of sp³-hybridized carbons (Fsp3) is 0.318. The lowest BCUT2D eigenvalue weighted by molar-refractivity contribution is -0.124. The van der Waals surface area contributed by atoms with E-state index in [1.807, 2.05) is 19.9 Å². The Balaban J connectivity index is 1.85. The number of nitrogens with zero attached hydrogens (tertiary/aromatic N) is 1. The van der Waals surface area contributed by atoms with Crippen LogP contribution in [0.1, 0.15) is 32.3 Å². The molecule has 2 N–H and O–H groups in total. The summed E-state index contributed by atoms with van der Waals surface area (Å²) in [6.07, 6.45) is 1.55. The second-order valence-electron chi connectivity index (χ2n) is 6.27. The van der Waals surface area contributed by atoms with Gasteiger partial charge in [0, 0.05) is 18.5 Å². The van der Waals surface area contributed by atoms with Crippen LogP contribution in [0.3, 0.4) is 0 Å². The molecule has 2 aromatic carbocycles. The number of halogens is 1. The minimum Gasteiger partial charge on any atom is -0.497 e. The third-order valence-corrected chi connectivity index (χ3v) is 4.57. The predicted octanol–water partition coefficient (Wildman–Crippen LogP) is 4.12. The van der Waals surface area contributed by atoms with Gasteiger partial charge < -0.3 is 19.5 Å². The van der Waals surface area contributed by atoms with Crippen molar-refractivity contribution < 1.29 is 23.8 Å². The molecule has 0 atom stereocenters. The van der Waals surface area contributed by atoms with E-state index >= 15 is 0 Å². The highest BCUT2D eigenvalue weighted by Crippen LogP contribution is 2.36. The molecule has 0 aromatic heterocycles. The monoisotopic (exact) mass is 491 g/mol. The average Bonchev–Trinajstić information content (AvgIpc) is 2.75. The van der Waals surface area contributed by atoms with Gasteiger partial charge in [-0.1, -0.05) is 0 Å². The minimum atomic E-state index is -0.365. The van der Waals surface area contributed by atoms with E-state index in [-0.39, 0.29) is 24.7 Å². The number of carbonyl (C=O) groups excluding carboxylic acids is 2. The number of nitrogens with one attached hydrogen (secondary N) is 2. The number of methoxy groups -OCH3 is 1. The van der Waals surface area contributed by atoms with E-state index in [2.05, 4.69) is 31.8 Å². The smallest absolute Gasteiger partial charge is 0.240 e. The van der Waals surface area contributed by atoms with Gasteiger partial charge in [-0.3, -0.25) is 9.59 Å². The first-order valence-corrected chi connectivity index (χ1v) is 10.6. The zero-order chi connectivity index (χ0) is 22.6. The van der Waals surface area contributed by atoms with Gasteiger partial charge in [-0.05, 0) is 71.7 Å². The van der Waals surface area contributed by atoms with Crippen LogP contribution in [-0.4, -0.2) is 38.4 Å². The summed E-state index contributed by atoms with van der Waals surface area (Å²) in [7, 11) is 1.57. The molecule has 0 spiro atoms. The van der Waals surface area contributed by atoms with Crippen molar-refractivity contribution in [1.82, 2.24) is 5.43 Å². The van der Waals surface area contributed by atoms with Gasteiger partial charge in [0.25, 0.3) is 0 Å². The topological polar surface area (TPSA) is 98.2 Å². The van der Waals surface area contributed by atoms with Gasteiger partial charge in [-0.15, -0.1) is 0 Å². The summed E-state index contributed by atoms with van der Waals surface area (Å²) in [6.45, 7) is 4.77. The molecule has 2 aromatic rings. The van der Waals surface area contributed by atoms with Gasteiger partial charge in [0.05, 0.1) is 31.0 Å². The summed E-state index contributed by atoms with van der Waals surface area (Å²) < 4.78 is 17.0. The van der Waals surface area contributed by atoms with Crippen LogP contribution in [0.2, 0.25) is 0 Å². The minimum absolute atomic E-state index is 0.0104. The molecule has 166 valence electrons. The van der Waals surface area contributed by atoms with Crippen molar-refractivity contribution in [1.29, 1.82) is 0 Å². The highest BCUT2D eigenvalue weighted by molar-refractivity contribution is 9.10. The number of amides is 2. The third-order valence-electron chi connectivity index (χ3n) is 3.98. The molecule has 0 heterocycles. The average molecular weight is 492 g/mol. The molecule has 0 radical (unpaired) electrons. The van der Waals surface area contributed by atoms with Crippen molar-refractivity contribution in [2.24, 2.45) is 5.10 Å². The quantitative estimate of drug-likeness (QED) is 0.363. The van der Waals surface area contributed by atoms with E-state index in [9.17, 15) is 9.59 Å². The Kier molecular flexibility index (Phi) is 9.83. The standard InChI is InChI=1S/C22H26BrN3O5/c1-4-30-19-13-15(12-18(23)22(19)31-5-2)14-24-26-21(28)11-10-20(27)25-16-6-8-17(29-3)9-7-16/h6-9,12-14H,4-5,10-11H2,1-3H3,(H,25,27)(H,26,28). The fourth-order valence-corrected chi connectivity index (χ4v) is 3.14. The Morgan fingerprint density at radius 2 is 1.71 bits per heavy atom. The van der Waals surface area contributed by atoms with Gasteiger partial charge >= 0.3 is 0 Å². The Morgan fingerprint density at radius 1 is 1.03 bits per heavy atom. The molecule has 0 bridgehead atoms. The summed E-state index contributed by atoms with van der Waals surface area (Å²) in [5.74, 6) is 1.27. The van der Waals surface area contributed by atoms with E-state index in [1.165, 1.54) is 6.21 Å². The van der Waals surface area contributed by atoms with Crippen molar-refractivity contribution in [2.75, 3.05) is 25.6 Å².